The molecule has 0 bridgehead atoms. The molecule has 0 aliphatic carbocycles. The van der Waals surface area contributed by atoms with Gasteiger partial charge in [-0.1, -0.05) is 37.3 Å². The average molecular weight is 381 g/mol. The van der Waals surface area contributed by atoms with Gasteiger partial charge in [0.1, 0.15) is 17.1 Å². The topological polar surface area (TPSA) is 70.0 Å². The molecule has 5 heteroatoms. The van der Waals surface area contributed by atoms with Crippen LogP contribution in [0.2, 0.25) is 0 Å². The maximum absolute atomic E-state index is 12.9. The normalized spacial score (nSPS) is 19.4. The average Bonchev–Trinajstić information content (AvgIpc) is 2.67. The number of nitrogens with zero attached hydrogens (tertiary/aromatic N) is 1. The van der Waals surface area contributed by atoms with E-state index in [9.17, 15) is 15.0 Å². The molecule has 0 aromatic heterocycles. The molecule has 5 nitrogen and oxygen atoms in total. The number of phenols is 1. The molecule has 2 aromatic carbocycles. The summed E-state index contributed by atoms with van der Waals surface area (Å²) in [5, 5.41) is 20.2. The maximum atomic E-state index is 12.9. The van der Waals surface area contributed by atoms with Crippen molar-refractivity contribution in [2.75, 3.05) is 11.4 Å². The Morgan fingerprint density at radius 1 is 1.07 bits per heavy atom. The number of carbonyl (C=O) groups excluding carboxylic acids is 1. The van der Waals surface area contributed by atoms with Crippen LogP contribution in [0.3, 0.4) is 0 Å². The van der Waals surface area contributed by atoms with Gasteiger partial charge in [0.25, 0.3) is 0 Å². The van der Waals surface area contributed by atoms with Crippen molar-refractivity contribution in [1.29, 1.82) is 0 Å². The van der Waals surface area contributed by atoms with Crippen molar-refractivity contribution in [2.45, 2.75) is 45.1 Å². The van der Waals surface area contributed by atoms with Crippen molar-refractivity contribution < 1.29 is 19.7 Å². The van der Waals surface area contributed by atoms with Gasteiger partial charge in [-0.15, -0.1) is 0 Å². The first kappa shape index (κ1) is 19.8. The predicted molar refractivity (Wildman–Crippen MR) is 109 cm³/mol. The van der Waals surface area contributed by atoms with Crippen molar-refractivity contribution >= 4 is 11.7 Å². The SMILES string of the molecule is CCCN(C1=C(O)CC(C)(CCc2ccc(O)cc2)OC1=O)c1ccccc1. The smallest absolute Gasteiger partial charge is 0.359 e. The van der Waals surface area contributed by atoms with E-state index in [-0.39, 0.29) is 23.6 Å². The quantitative estimate of drug-likeness (QED) is 0.679. The maximum Gasteiger partial charge on any atom is 0.359 e. The van der Waals surface area contributed by atoms with Crippen molar-refractivity contribution in [3.05, 3.63) is 71.6 Å². The Balaban J connectivity index is 1.79. The highest BCUT2D eigenvalue weighted by atomic mass is 16.6. The molecule has 1 unspecified atom stereocenters. The standard InChI is InChI=1S/C23H27NO4/c1-3-15-24(18-7-5-4-6-8-18)21-20(26)16-23(2,28-22(21)27)14-13-17-9-11-19(25)12-10-17/h4-12,25-26H,3,13-16H2,1-2H3. The number of carbonyl (C=O) groups is 1. The summed E-state index contributed by atoms with van der Waals surface area (Å²) < 4.78 is 5.80. The van der Waals surface area contributed by atoms with Crippen LogP contribution in [0.1, 0.15) is 38.7 Å². The molecule has 0 amide bonds. The predicted octanol–water partition coefficient (Wildman–Crippen LogP) is 4.72. The summed E-state index contributed by atoms with van der Waals surface area (Å²) in [6.07, 6.45) is 2.38. The van der Waals surface area contributed by atoms with Crippen molar-refractivity contribution in [3.8, 4) is 5.75 Å². The Hall–Kier alpha value is -2.95. The minimum atomic E-state index is -0.767. The Kier molecular flexibility index (Phi) is 5.93. The fourth-order valence-electron chi connectivity index (χ4n) is 3.54. The first-order chi connectivity index (χ1) is 13.4. The second-order valence-electron chi connectivity index (χ2n) is 7.47. The molecule has 0 radical (unpaired) electrons. The molecule has 3 rings (SSSR count). The van der Waals surface area contributed by atoms with Crippen LogP contribution >= 0.6 is 0 Å². The minimum absolute atomic E-state index is 0.0711. The van der Waals surface area contributed by atoms with Crippen LogP contribution in [0.15, 0.2) is 66.1 Å². The van der Waals surface area contributed by atoms with Crippen molar-refractivity contribution in [2.24, 2.45) is 0 Å². The van der Waals surface area contributed by atoms with E-state index in [2.05, 4.69) is 0 Å². The summed E-state index contributed by atoms with van der Waals surface area (Å²) in [7, 11) is 0. The number of hydrogen-bond acceptors (Lipinski definition) is 5. The number of ether oxygens (including phenoxy) is 1. The number of cyclic esters (lactones) is 1. The van der Waals surface area contributed by atoms with E-state index in [1.165, 1.54) is 0 Å². The molecular weight excluding hydrogens is 354 g/mol. The fourth-order valence-corrected chi connectivity index (χ4v) is 3.54. The lowest BCUT2D eigenvalue weighted by Crippen LogP contribution is -2.43. The molecule has 2 aromatic rings. The monoisotopic (exact) mass is 381 g/mol. The van der Waals surface area contributed by atoms with E-state index in [0.717, 1.165) is 17.7 Å². The summed E-state index contributed by atoms with van der Waals surface area (Å²) in [4.78, 5) is 14.7. The van der Waals surface area contributed by atoms with Crippen LogP contribution in [0.5, 0.6) is 5.75 Å². The van der Waals surface area contributed by atoms with Crippen LogP contribution in [-0.2, 0) is 16.0 Å². The number of para-hydroxylation sites is 1. The molecule has 2 N–H and O–H groups in total. The number of esters is 1. The number of benzene rings is 2. The summed E-state index contributed by atoms with van der Waals surface area (Å²) in [5.41, 5.74) is 1.36. The molecular formula is C23H27NO4. The highest BCUT2D eigenvalue weighted by molar-refractivity contribution is 5.94. The second kappa shape index (κ2) is 8.38. The van der Waals surface area contributed by atoms with E-state index < -0.39 is 11.6 Å². The van der Waals surface area contributed by atoms with Crippen molar-refractivity contribution in [1.82, 2.24) is 0 Å². The Bertz CT molecular complexity index is 845. The van der Waals surface area contributed by atoms with Gasteiger partial charge in [-0.25, -0.2) is 4.79 Å². The van der Waals surface area contributed by atoms with E-state index in [4.69, 9.17) is 4.74 Å². The molecule has 0 saturated carbocycles. The molecule has 28 heavy (non-hydrogen) atoms. The zero-order valence-electron chi connectivity index (χ0n) is 16.4. The molecule has 0 fully saturated rings. The summed E-state index contributed by atoms with van der Waals surface area (Å²) in [6.45, 7) is 4.50. The lowest BCUT2D eigenvalue weighted by Gasteiger charge is -2.37. The fraction of sp³-hybridized carbons (Fsp3) is 0.348. The van der Waals surface area contributed by atoms with Gasteiger partial charge in [-0.3, -0.25) is 0 Å². The van der Waals surface area contributed by atoms with Crippen LogP contribution < -0.4 is 4.90 Å². The third-order valence-electron chi connectivity index (χ3n) is 5.01. The number of aromatic hydroxyl groups is 1. The Morgan fingerprint density at radius 3 is 2.36 bits per heavy atom. The lowest BCUT2D eigenvalue weighted by atomic mass is 9.90. The third-order valence-corrected chi connectivity index (χ3v) is 5.01. The molecule has 0 saturated heterocycles. The third kappa shape index (κ3) is 4.47. The van der Waals surface area contributed by atoms with Gasteiger partial charge >= 0.3 is 5.97 Å². The van der Waals surface area contributed by atoms with Crippen LogP contribution in [0.4, 0.5) is 5.69 Å². The molecule has 1 heterocycles. The first-order valence-corrected chi connectivity index (χ1v) is 9.68. The van der Waals surface area contributed by atoms with Crippen LogP contribution in [0.25, 0.3) is 0 Å². The van der Waals surface area contributed by atoms with Gasteiger partial charge in [0, 0.05) is 18.7 Å². The van der Waals surface area contributed by atoms with Gasteiger partial charge in [-0.2, -0.15) is 0 Å². The van der Waals surface area contributed by atoms with Gasteiger partial charge in [-0.05, 0) is 56.0 Å². The minimum Gasteiger partial charge on any atom is -0.510 e. The van der Waals surface area contributed by atoms with Gasteiger partial charge in [0.15, 0.2) is 5.70 Å². The zero-order chi connectivity index (χ0) is 20.1. The van der Waals surface area contributed by atoms with E-state index in [1.54, 1.807) is 12.1 Å². The number of hydrogen-bond donors (Lipinski definition) is 2. The van der Waals surface area contributed by atoms with E-state index in [1.807, 2.05) is 61.2 Å². The number of phenolic OH excluding ortho intramolecular Hbond substituents is 1. The summed E-state index contributed by atoms with van der Waals surface area (Å²) >= 11 is 0. The van der Waals surface area contributed by atoms with E-state index >= 15 is 0 Å². The molecule has 1 aliphatic heterocycles. The molecule has 148 valence electrons. The van der Waals surface area contributed by atoms with Crippen LogP contribution in [0, 0.1) is 0 Å². The number of aryl methyl sites for hydroxylation is 1. The second-order valence-corrected chi connectivity index (χ2v) is 7.47. The first-order valence-electron chi connectivity index (χ1n) is 9.68. The molecule has 1 atom stereocenters. The highest BCUT2D eigenvalue weighted by Crippen LogP contribution is 2.35. The molecule has 1 aliphatic rings. The van der Waals surface area contributed by atoms with Gasteiger partial charge in [0.05, 0.1) is 0 Å². The Morgan fingerprint density at radius 2 is 1.75 bits per heavy atom. The van der Waals surface area contributed by atoms with E-state index in [0.29, 0.717) is 19.4 Å². The largest absolute Gasteiger partial charge is 0.510 e. The Labute approximate surface area is 165 Å². The number of aliphatic hydroxyl groups is 1. The van der Waals surface area contributed by atoms with Gasteiger partial charge < -0.3 is 19.8 Å². The number of rotatable bonds is 7. The van der Waals surface area contributed by atoms with Crippen LogP contribution in [-0.4, -0.2) is 28.3 Å². The highest BCUT2D eigenvalue weighted by Gasteiger charge is 2.40. The summed E-state index contributed by atoms with van der Waals surface area (Å²) in [5.74, 6) is -0.197. The lowest BCUT2D eigenvalue weighted by molar-refractivity contribution is -0.157. The number of aliphatic hydroxyl groups excluding tert-OH is 1. The summed E-state index contributed by atoms with van der Waals surface area (Å²) in [6, 6.07) is 16.6. The number of anilines is 1. The molecule has 0 spiro atoms. The zero-order valence-corrected chi connectivity index (χ0v) is 16.4. The van der Waals surface area contributed by atoms with Crippen molar-refractivity contribution in [3.63, 3.8) is 0 Å². The van der Waals surface area contributed by atoms with Gasteiger partial charge in [0.2, 0.25) is 0 Å².